The highest BCUT2D eigenvalue weighted by atomic mass is 35.5. The summed E-state index contributed by atoms with van der Waals surface area (Å²) in [5.74, 6) is -0.232. The largest absolute Gasteiger partial charge is 0.369 e. The molecule has 0 N–H and O–H groups in total. The normalized spacial score (nSPS) is 19.4. The second-order valence-electron chi connectivity index (χ2n) is 7.07. The van der Waals surface area contributed by atoms with E-state index in [1.54, 1.807) is 18.5 Å². The van der Waals surface area contributed by atoms with Crippen molar-refractivity contribution >= 4 is 46.3 Å². The van der Waals surface area contributed by atoms with Crippen molar-refractivity contribution in [3.63, 3.8) is 0 Å². The number of carbonyl (C=O) groups is 2. The van der Waals surface area contributed by atoms with Gasteiger partial charge in [-0.1, -0.05) is 17.7 Å². The van der Waals surface area contributed by atoms with Gasteiger partial charge in [-0.25, -0.2) is 0 Å². The van der Waals surface area contributed by atoms with Crippen LogP contribution in [-0.2, 0) is 4.79 Å². The van der Waals surface area contributed by atoms with Crippen molar-refractivity contribution in [1.29, 1.82) is 0 Å². The van der Waals surface area contributed by atoms with Crippen LogP contribution in [0.2, 0.25) is 5.02 Å². The molecular weight excluding hydrogens is 408 g/mol. The number of benzene rings is 1. The van der Waals surface area contributed by atoms with E-state index in [0.717, 1.165) is 59.8 Å². The van der Waals surface area contributed by atoms with Crippen LogP contribution in [0, 0.1) is 6.92 Å². The molecule has 2 amide bonds. The summed E-state index contributed by atoms with van der Waals surface area (Å²) in [5.41, 5.74) is 3.02. The van der Waals surface area contributed by atoms with Crippen LogP contribution in [-0.4, -0.2) is 58.8 Å². The zero-order valence-corrected chi connectivity index (χ0v) is 17.6. The SMILES string of the molecule is Cc1ccc(N2CCN(CN3C(=O)S/C(=C/c4ccncc4)C3=O)CC2)cc1Cl. The van der Waals surface area contributed by atoms with E-state index in [1.807, 2.05) is 31.2 Å². The lowest BCUT2D eigenvalue weighted by atomic mass is 10.2. The molecule has 0 saturated carbocycles. The fraction of sp³-hybridized carbons (Fsp3) is 0.286. The van der Waals surface area contributed by atoms with E-state index in [9.17, 15) is 9.59 Å². The molecule has 150 valence electrons. The number of rotatable bonds is 4. The minimum atomic E-state index is -0.232. The average Bonchev–Trinajstić information content (AvgIpc) is 2.99. The Bertz CT molecular complexity index is 958. The molecule has 1 aromatic heterocycles. The molecule has 0 spiro atoms. The fourth-order valence-corrected chi connectivity index (χ4v) is 4.37. The van der Waals surface area contributed by atoms with E-state index >= 15 is 0 Å². The number of aromatic nitrogens is 1. The van der Waals surface area contributed by atoms with Crippen LogP contribution in [0.4, 0.5) is 10.5 Å². The van der Waals surface area contributed by atoms with Gasteiger partial charge in [0, 0.05) is 49.3 Å². The van der Waals surface area contributed by atoms with Crippen LogP contribution in [0.15, 0.2) is 47.6 Å². The Morgan fingerprint density at radius 1 is 1.10 bits per heavy atom. The molecule has 4 rings (SSSR count). The summed E-state index contributed by atoms with van der Waals surface area (Å²) in [5, 5.41) is 0.548. The molecule has 2 aliphatic heterocycles. The van der Waals surface area contributed by atoms with E-state index in [2.05, 4.69) is 20.9 Å². The molecule has 2 fully saturated rings. The number of nitrogens with zero attached hydrogens (tertiary/aromatic N) is 4. The number of hydrogen-bond acceptors (Lipinski definition) is 6. The van der Waals surface area contributed by atoms with Gasteiger partial charge in [0.25, 0.3) is 11.1 Å². The van der Waals surface area contributed by atoms with Gasteiger partial charge < -0.3 is 4.90 Å². The highest BCUT2D eigenvalue weighted by molar-refractivity contribution is 8.18. The standard InChI is InChI=1S/C21H21ClN4O2S/c1-15-2-3-17(13-18(15)22)25-10-8-24(9-11-25)14-26-20(27)19(29-21(26)28)12-16-4-6-23-7-5-16/h2-7,12-13H,8-11,14H2,1H3/b19-12+. The first kappa shape index (κ1) is 19.9. The number of amides is 2. The molecule has 2 saturated heterocycles. The maximum Gasteiger partial charge on any atom is 0.294 e. The number of hydrogen-bond donors (Lipinski definition) is 0. The summed E-state index contributed by atoms with van der Waals surface area (Å²) >= 11 is 7.24. The molecule has 1 aromatic carbocycles. The van der Waals surface area contributed by atoms with Gasteiger partial charge in [-0.2, -0.15) is 0 Å². The van der Waals surface area contributed by atoms with Crippen molar-refractivity contribution in [3.05, 3.63) is 63.8 Å². The van der Waals surface area contributed by atoms with Crippen LogP contribution in [0.5, 0.6) is 0 Å². The number of aryl methyl sites for hydroxylation is 1. The van der Waals surface area contributed by atoms with Crippen LogP contribution < -0.4 is 4.90 Å². The Balaban J connectivity index is 1.36. The summed E-state index contributed by atoms with van der Waals surface area (Å²) in [7, 11) is 0. The van der Waals surface area contributed by atoms with Gasteiger partial charge in [-0.3, -0.25) is 24.4 Å². The minimum absolute atomic E-state index is 0.219. The highest BCUT2D eigenvalue weighted by Gasteiger charge is 2.36. The van der Waals surface area contributed by atoms with Crippen LogP contribution in [0.1, 0.15) is 11.1 Å². The zero-order valence-electron chi connectivity index (χ0n) is 16.0. The first-order valence-electron chi connectivity index (χ1n) is 9.40. The Morgan fingerprint density at radius 3 is 2.52 bits per heavy atom. The number of anilines is 1. The van der Waals surface area contributed by atoms with Gasteiger partial charge in [0.1, 0.15) is 0 Å². The third-order valence-corrected chi connectivity index (χ3v) is 6.43. The Kier molecular flexibility index (Phi) is 5.89. The van der Waals surface area contributed by atoms with Crippen LogP contribution in [0.25, 0.3) is 6.08 Å². The topological polar surface area (TPSA) is 56.8 Å². The molecule has 0 bridgehead atoms. The minimum Gasteiger partial charge on any atom is -0.369 e. The molecule has 29 heavy (non-hydrogen) atoms. The molecular formula is C21H21ClN4O2S. The molecule has 0 unspecified atom stereocenters. The lowest BCUT2D eigenvalue weighted by Gasteiger charge is -2.37. The van der Waals surface area contributed by atoms with Crippen molar-refractivity contribution in [2.75, 3.05) is 37.7 Å². The highest BCUT2D eigenvalue weighted by Crippen LogP contribution is 2.32. The number of carbonyl (C=O) groups excluding carboxylic acids is 2. The van der Waals surface area contributed by atoms with Gasteiger partial charge >= 0.3 is 0 Å². The first-order valence-corrected chi connectivity index (χ1v) is 10.6. The predicted molar refractivity (Wildman–Crippen MR) is 117 cm³/mol. The van der Waals surface area contributed by atoms with Crippen molar-refractivity contribution in [1.82, 2.24) is 14.8 Å². The van der Waals surface area contributed by atoms with Crippen LogP contribution >= 0.6 is 23.4 Å². The van der Waals surface area contributed by atoms with Crippen molar-refractivity contribution in [2.24, 2.45) is 0 Å². The van der Waals surface area contributed by atoms with Gasteiger partial charge in [-0.05, 0) is 60.2 Å². The smallest absolute Gasteiger partial charge is 0.294 e. The molecule has 0 radical (unpaired) electrons. The number of piperazine rings is 1. The van der Waals surface area contributed by atoms with Gasteiger partial charge in [0.05, 0.1) is 11.6 Å². The number of pyridine rings is 1. The summed E-state index contributed by atoms with van der Waals surface area (Å²) < 4.78 is 0. The molecule has 8 heteroatoms. The van der Waals surface area contributed by atoms with Gasteiger partial charge in [0.2, 0.25) is 0 Å². The quantitative estimate of drug-likeness (QED) is 0.689. The monoisotopic (exact) mass is 428 g/mol. The summed E-state index contributed by atoms with van der Waals surface area (Å²) in [6, 6.07) is 9.72. The van der Waals surface area contributed by atoms with E-state index in [0.29, 0.717) is 11.6 Å². The lowest BCUT2D eigenvalue weighted by molar-refractivity contribution is -0.124. The molecule has 6 nitrogen and oxygen atoms in total. The summed E-state index contributed by atoms with van der Waals surface area (Å²) in [4.78, 5) is 35.2. The third-order valence-electron chi connectivity index (χ3n) is 5.11. The molecule has 0 atom stereocenters. The Morgan fingerprint density at radius 2 is 1.83 bits per heavy atom. The fourth-order valence-electron chi connectivity index (χ4n) is 3.36. The summed E-state index contributed by atoms with van der Waals surface area (Å²) in [6.07, 6.45) is 5.07. The van der Waals surface area contributed by atoms with Crippen LogP contribution in [0.3, 0.4) is 0 Å². The third kappa shape index (κ3) is 4.47. The van der Waals surface area contributed by atoms with Gasteiger partial charge in [0.15, 0.2) is 0 Å². The Labute approximate surface area is 179 Å². The zero-order chi connectivity index (χ0) is 20.4. The number of halogens is 1. The lowest BCUT2D eigenvalue weighted by Crippen LogP contribution is -2.50. The number of imide groups is 1. The van der Waals surface area contributed by atoms with Crippen molar-refractivity contribution in [2.45, 2.75) is 6.92 Å². The van der Waals surface area contributed by atoms with Gasteiger partial charge in [-0.15, -0.1) is 0 Å². The molecule has 3 heterocycles. The van der Waals surface area contributed by atoms with E-state index in [-0.39, 0.29) is 11.1 Å². The molecule has 2 aliphatic rings. The van der Waals surface area contributed by atoms with E-state index in [4.69, 9.17) is 11.6 Å². The average molecular weight is 429 g/mol. The maximum absolute atomic E-state index is 12.7. The maximum atomic E-state index is 12.7. The second-order valence-corrected chi connectivity index (χ2v) is 8.47. The first-order chi connectivity index (χ1) is 14.0. The predicted octanol–water partition coefficient (Wildman–Crippen LogP) is 3.86. The van der Waals surface area contributed by atoms with E-state index < -0.39 is 0 Å². The second kappa shape index (κ2) is 8.57. The van der Waals surface area contributed by atoms with Crippen molar-refractivity contribution < 1.29 is 9.59 Å². The number of thioether (sulfide) groups is 1. The molecule has 0 aliphatic carbocycles. The van der Waals surface area contributed by atoms with Crippen molar-refractivity contribution in [3.8, 4) is 0 Å². The molecule has 2 aromatic rings. The van der Waals surface area contributed by atoms with E-state index in [1.165, 1.54) is 4.90 Å². The summed E-state index contributed by atoms with van der Waals surface area (Å²) in [6.45, 7) is 5.50. The Hall–Kier alpha value is -2.35.